The van der Waals surface area contributed by atoms with Gasteiger partial charge in [-0.15, -0.1) is 5.10 Å². The third-order valence-corrected chi connectivity index (χ3v) is 6.00. The van der Waals surface area contributed by atoms with E-state index in [1.54, 1.807) is 50.3 Å². The molecule has 2 aromatic carbocycles. The molecule has 2 N–H and O–H groups in total. The zero-order chi connectivity index (χ0) is 23.1. The molecule has 0 unspecified atom stereocenters. The van der Waals surface area contributed by atoms with Crippen molar-refractivity contribution in [1.29, 1.82) is 0 Å². The van der Waals surface area contributed by atoms with Gasteiger partial charge in [0.05, 0.1) is 21.3 Å². The van der Waals surface area contributed by atoms with Crippen LogP contribution in [0.15, 0.2) is 47.7 Å². The first-order chi connectivity index (χ1) is 16.0. The zero-order valence-corrected chi connectivity index (χ0v) is 18.6. The summed E-state index contributed by atoms with van der Waals surface area (Å²) in [6.07, 6.45) is 2.06. The lowest BCUT2D eigenvalue weighted by atomic mass is 9.85. The first kappa shape index (κ1) is 20.9. The lowest BCUT2D eigenvalue weighted by Gasteiger charge is -2.32. The number of fused-ring (bicyclic) bond motifs is 1. The van der Waals surface area contributed by atoms with E-state index in [2.05, 4.69) is 5.32 Å². The van der Waals surface area contributed by atoms with Crippen molar-refractivity contribution in [2.24, 2.45) is 0 Å². The number of rotatable bonds is 5. The lowest BCUT2D eigenvalue weighted by molar-refractivity contribution is -0.116. The number of phenolic OH excluding ortho intramolecular Hbond substituents is 1. The summed E-state index contributed by atoms with van der Waals surface area (Å²) in [6.45, 7) is 0. The molecule has 0 amide bonds. The topological polar surface area (TPSA) is 108 Å². The highest BCUT2D eigenvalue weighted by Crippen LogP contribution is 2.43. The van der Waals surface area contributed by atoms with Crippen molar-refractivity contribution < 1.29 is 24.1 Å². The Hall–Kier alpha value is -4.01. The quantitative estimate of drug-likeness (QED) is 0.608. The third kappa shape index (κ3) is 3.45. The molecule has 3 aromatic rings. The number of anilines is 1. The lowest BCUT2D eigenvalue weighted by Crippen LogP contribution is -2.31. The van der Waals surface area contributed by atoms with Gasteiger partial charge >= 0.3 is 0 Å². The van der Waals surface area contributed by atoms with Crippen molar-refractivity contribution in [3.63, 3.8) is 0 Å². The number of allylic oxidation sites excluding steroid dienone is 2. The zero-order valence-electron chi connectivity index (χ0n) is 18.6. The number of carbonyl (C=O) groups excluding carboxylic acids is 1. The second-order valence-corrected chi connectivity index (χ2v) is 7.91. The van der Waals surface area contributed by atoms with Gasteiger partial charge in [-0.05, 0) is 42.7 Å². The second-order valence-electron chi connectivity index (χ2n) is 7.91. The molecule has 2 heterocycles. The fourth-order valence-electron chi connectivity index (χ4n) is 4.45. The molecule has 0 fully saturated rings. The van der Waals surface area contributed by atoms with Crippen molar-refractivity contribution in [2.75, 3.05) is 26.6 Å². The van der Waals surface area contributed by atoms with Crippen LogP contribution in [0, 0.1) is 0 Å². The predicted molar refractivity (Wildman–Crippen MR) is 121 cm³/mol. The number of methoxy groups -OCH3 is 3. The number of nitrogens with zero attached hydrogens (tertiary/aromatic N) is 3. The Morgan fingerprint density at radius 1 is 1.03 bits per heavy atom. The summed E-state index contributed by atoms with van der Waals surface area (Å²) in [5.74, 6) is 2.73. The van der Waals surface area contributed by atoms with E-state index >= 15 is 0 Å². The van der Waals surface area contributed by atoms with E-state index in [0.29, 0.717) is 46.6 Å². The van der Waals surface area contributed by atoms with Crippen LogP contribution >= 0.6 is 0 Å². The molecule has 9 heteroatoms. The Morgan fingerprint density at radius 3 is 2.36 bits per heavy atom. The maximum atomic E-state index is 12.9. The van der Waals surface area contributed by atoms with E-state index in [0.717, 1.165) is 24.1 Å². The average Bonchev–Trinajstić information content (AvgIpc) is 3.26. The molecule has 0 saturated carbocycles. The van der Waals surface area contributed by atoms with Gasteiger partial charge < -0.3 is 24.6 Å². The number of benzene rings is 2. The van der Waals surface area contributed by atoms with Gasteiger partial charge in [-0.1, -0.05) is 12.1 Å². The number of Topliss-reactive ketones (excluding diaryl/α,β-unsaturated/α-hetero) is 1. The number of hydrogen-bond donors (Lipinski definition) is 2. The standard InChI is InChI=1S/C24H24N4O5/c1-31-18-11-14(12-19(32-2)22(18)33-3)23-26-24-25-16-5-4-6-17(30)20(16)21(28(24)27-23)13-7-9-15(29)10-8-13/h7-12,21,29H,4-6H2,1-3H3,(H,25,26,27)/t21-/m0/s1. The van der Waals surface area contributed by atoms with Crippen LogP contribution in [0.4, 0.5) is 5.95 Å². The summed E-state index contributed by atoms with van der Waals surface area (Å²) in [5, 5.41) is 17.9. The normalized spacial score (nSPS) is 17.2. The average molecular weight is 448 g/mol. The second kappa shape index (κ2) is 8.16. The number of carbonyl (C=O) groups is 1. The van der Waals surface area contributed by atoms with Gasteiger partial charge in [-0.2, -0.15) is 4.98 Å². The summed E-state index contributed by atoms with van der Waals surface area (Å²) in [6, 6.07) is 9.98. The number of aromatic nitrogens is 3. The first-order valence-electron chi connectivity index (χ1n) is 10.6. The van der Waals surface area contributed by atoms with E-state index < -0.39 is 6.04 Å². The van der Waals surface area contributed by atoms with Gasteiger partial charge in [0.25, 0.3) is 0 Å². The minimum atomic E-state index is -0.437. The monoisotopic (exact) mass is 448 g/mol. The van der Waals surface area contributed by atoms with Crippen LogP contribution in [-0.2, 0) is 4.79 Å². The van der Waals surface area contributed by atoms with E-state index in [9.17, 15) is 9.90 Å². The molecule has 33 heavy (non-hydrogen) atoms. The van der Waals surface area contributed by atoms with E-state index in [1.165, 1.54) is 0 Å². The van der Waals surface area contributed by atoms with Crippen molar-refractivity contribution >= 4 is 11.7 Å². The van der Waals surface area contributed by atoms with Crippen molar-refractivity contribution in [3.8, 4) is 34.4 Å². The molecular weight excluding hydrogens is 424 g/mol. The molecular formula is C24H24N4O5. The molecule has 170 valence electrons. The van der Waals surface area contributed by atoms with Crippen LogP contribution in [0.25, 0.3) is 11.4 Å². The van der Waals surface area contributed by atoms with Crippen molar-refractivity contribution in [1.82, 2.24) is 14.8 Å². The minimum absolute atomic E-state index is 0.0947. The van der Waals surface area contributed by atoms with Crippen LogP contribution in [0.3, 0.4) is 0 Å². The molecule has 0 radical (unpaired) electrons. The van der Waals surface area contributed by atoms with Gasteiger partial charge in [-0.3, -0.25) is 4.79 Å². The van der Waals surface area contributed by atoms with Gasteiger partial charge in [0.15, 0.2) is 23.1 Å². The molecule has 1 atom stereocenters. The molecule has 2 aliphatic rings. The highest BCUT2D eigenvalue weighted by atomic mass is 16.5. The van der Waals surface area contributed by atoms with Crippen molar-refractivity contribution in [2.45, 2.75) is 25.3 Å². The van der Waals surface area contributed by atoms with Gasteiger partial charge in [0.1, 0.15) is 11.8 Å². The van der Waals surface area contributed by atoms with Gasteiger partial charge in [-0.25, -0.2) is 4.68 Å². The summed E-state index contributed by atoms with van der Waals surface area (Å²) in [5.41, 5.74) is 3.10. The maximum Gasteiger partial charge on any atom is 0.226 e. The number of ether oxygens (including phenoxy) is 3. The largest absolute Gasteiger partial charge is 0.508 e. The fraction of sp³-hybridized carbons (Fsp3) is 0.292. The Bertz CT molecular complexity index is 1240. The Balaban J connectivity index is 1.66. The predicted octanol–water partition coefficient (Wildman–Crippen LogP) is 3.70. The maximum absolute atomic E-state index is 12.9. The fourth-order valence-corrected chi connectivity index (χ4v) is 4.45. The van der Waals surface area contributed by atoms with Gasteiger partial charge in [0.2, 0.25) is 11.7 Å². The molecule has 5 rings (SSSR count). The van der Waals surface area contributed by atoms with Crippen LogP contribution in [0.1, 0.15) is 30.9 Å². The van der Waals surface area contributed by atoms with Gasteiger partial charge in [0, 0.05) is 23.3 Å². The number of phenols is 1. The smallest absolute Gasteiger partial charge is 0.226 e. The Kier molecular flexibility index (Phi) is 5.16. The van der Waals surface area contributed by atoms with Crippen molar-refractivity contribution in [3.05, 3.63) is 53.2 Å². The summed E-state index contributed by atoms with van der Waals surface area (Å²) < 4.78 is 18.1. The molecule has 0 bridgehead atoms. The van der Waals surface area contributed by atoms with Crippen LogP contribution in [-0.4, -0.2) is 47.0 Å². The third-order valence-electron chi connectivity index (χ3n) is 6.00. The highest BCUT2D eigenvalue weighted by molar-refractivity contribution is 5.99. The van der Waals surface area contributed by atoms with Crippen LogP contribution in [0.2, 0.25) is 0 Å². The first-order valence-corrected chi connectivity index (χ1v) is 10.6. The van der Waals surface area contributed by atoms with E-state index in [4.69, 9.17) is 24.3 Å². The number of ketones is 1. The summed E-state index contributed by atoms with van der Waals surface area (Å²) in [7, 11) is 4.66. The Labute approximate surface area is 190 Å². The number of nitrogens with one attached hydrogen (secondary N) is 1. The molecule has 1 aliphatic heterocycles. The van der Waals surface area contributed by atoms with E-state index in [-0.39, 0.29) is 11.5 Å². The Morgan fingerprint density at radius 2 is 1.73 bits per heavy atom. The van der Waals surface area contributed by atoms with Crippen LogP contribution < -0.4 is 19.5 Å². The molecule has 9 nitrogen and oxygen atoms in total. The number of hydrogen-bond acceptors (Lipinski definition) is 8. The molecule has 1 aromatic heterocycles. The summed E-state index contributed by atoms with van der Waals surface area (Å²) >= 11 is 0. The van der Waals surface area contributed by atoms with Crippen LogP contribution in [0.5, 0.6) is 23.0 Å². The highest BCUT2D eigenvalue weighted by Gasteiger charge is 2.37. The number of aromatic hydroxyl groups is 1. The minimum Gasteiger partial charge on any atom is -0.508 e. The summed E-state index contributed by atoms with van der Waals surface area (Å²) in [4.78, 5) is 17.7. The SMILES string of the molecule is COc1cc(-c2nc3n(n2)[C@@H](c2ccc(O)cc2)C2=C(CCCC2=O)N3)cc(OC)c1OC. The molecule has 1 aliphatic carbocycles. The molecule has 0 saturated heterocycles. The molecule has 0 spiro atoms. The van der Waals surface area contributed by atoms with E-state index in [1.807, 2.05) is 12.1 Å².